The molecule has 0 radical (unpaired) electrons. The summed E-state index contributed by atoms with van der Waals surface area (Å²) in [7, 11) is 0. The predicted octanol–water partition coefficient (Wildman–Crippen LogP) is 2.01. The highest BCUT2D eigenvalue weighted by molar-refractivity contribution is 7.00. The maximum Gasteiger partial charge on any atom is 0.238 e. The number of nitrogens with zero attached hydrogens (tertiary/aromatic N) is 3. The maximum absolute atomic E-state index is 12.5. The minimum Gasteiger partial charge on any atom is -0.393 e. The molecule has 2 fully saturated rings. The summed E-state index contributed by atoms with van der Waals surface area (Å²) in [6.07, 6.45) is 4.69. The van der Waals surface area contributed by atoms with Gasteiger partial charge in [0.05, 0.1) is 30.1 Å². The highest BCUT2D eigenvalue weighted by Gasteiger charge is 2.46. The summed E-state index contributed by atoms with van der Waals surface area (Å²) in [5.74, 6) is -0.0202. The third kappa shape index (κ3) is 2.73. The van der Waals surface area contributed by atoms with Crippen LogP contribution in [0.5, 0.6) is 0 Å². The first-order valence-electron chi connectivity index (χ1n) is 8.11. The van der Waals surface area contributed by atoms with Crippen LogP contribution in [0.1, 0.15) is 32.1 Å². The van der Waals surface area contributed by atoms with Crippen molar-refractivity contribution in [2.45, 2.75) is 43.7 Å². The number of rotatable bonds is 3. The van der Waals surface area contributed by atoms with Gasteiger partial charge < -0.3 is 10.4 Å². The molecule has 1 saturated carbocycles. The molecule has 1 aromatic heterocycles. The summed E-state index contributed by atoms with van der Waals surface area (Å²) in [6.45, 7) is 1.16. The van der Waals surface area contributed by atoms with Crippen LogP contribution in [0, 0.1) is 0 Å². The topological polar surface area (TPSA) is 78.4 Å². The smallest absolute Gasteiger partial charge is 0.238 e. The minimum atomic E-state index is -0.218. The minimum absolute atomic E-state index is 0.0202. The van der Waals surface area contributed by atoms with Crippen molar-refractivity contribution >= 4 is 34.4 Å². The first-order chi connectivity index (χ1) is 11.2. The fourth-order valence-corrected chi connectivity index (χ4v) is 4.38. The van der Waals surface area contributed by atoms with Crippen molar-refractivity contribution < 1.29 is 9.90 Å². The van der Waals surface area contributed by atoms with Gasteiger partial charge in [0.1, 0.15) is 11.0 Å². The van der Waals surface area contributed by atoms with Gasteiger partial charge in [-0.1, -0.05) is 6.07 Å². The second-order valence-corrected chi connectivity index (χ2v) is 7.16. The standard InChI is InChI=1S/C16H20N4O2S/c21-11-5-8-20(16(9-11)6-2-7-16)10-14(22)17-12-3-1-4-13-15(12)19-23-18-13/h1,3-4,11,21H,2,5-10H2,(H,17,22). The SMILES string of the molecule is O=C(CN1CCC(O)CC12CCC2)Nc1cccc2nsnc12. The molecule has 1 spiro atoms. The zero-order valence-corrected chi connectivity index (χ0v) is 13.7. The first kappa shape index (κ1) is 15.0. The Hall–Kier alpha value is -1.57. The number of anilines is 1. The van der Waals surface area contributed by atoms with Crippen molar-refractivity contribution in [2.24, 2.45) is 0 Å². The summed E-state index contributed by atoms with van der Waals surface area (Å²) < 4.78 is 8.45. The van der Waals surface area contributed by atoms with Crippen molar-refractivity contribution in [1.29, 1.82) is 0 Å². The van der Waals surface area contributed by atoms with Gasteiger partial charge in [0, 0.05) is 12.1 Å². The average Bonchev–Trinajstić information content (AvgIpc) is 2.97. The van der Waals surface area contributed by atoms with Crippen LogP contribution in [-0.2, 0) is 4.79 Å². The molecular formula is C16H20N4O2S. The number of carbonyl (C=O) groups is 1. The molecule has 1 saturated heterocycles. The van der Waals surface area contributed by atoms with Gasteiger partial charge in [0.25, 0.3) is 0 Å². The van der Waals surface area contributed by atoms with E-state index in [1.807, 2.05) is 18.2 Å². The number of nitrogens with one attached hydrogen (secondary N) is 1. The van der Waals surface area contributed by atoms with Gasteiger partial charge in [-0.15, -0.1) is 0 Å². The van der Waals surface area contributed by atoms with E-state index >= 15 is 0 Å². The van der Waals surface area contributed by atoms with E-state index in [1.165, 1.54) is 6.42 Å². The number of benzene rings is 1. The molecule has 2 aromatic rings. The van der Waals surface area contributed by atoms with Crippen LogP contribution in [0.2, 0.25) is 0 Å². The lowest BCUT2D eigenvalue weighted by Gasteiger charge is -2.54. The highest BCUT2D eigenvalue weighted by atomic mass is 32.1. The molecule has 4 rings (SSSR count). The summed E-state index contributed by atoms with van der Waals surface area (Å²) in [6, 6.07) is 5.63. The molecule has 1 aliphatic carbocycles. The number of aliphatic hydroxyl groups excluding tert-OH is 1. The quantitative estimate of drug-likeness (QED) is 0.899. The number of piperidine rings is 1. The van der Waals surface area contributed by atoms with E-state index < -0.39 is 0 Å². The molecule has 1 aliphatic heterocycles. The van der Waals surface area contributed by atoms with Crippen LogP contribution >= 0.6 is 11.7 Å². The zero-order chi connectivity index (χ0) is 15.9. The molecule has 23 heavy (non-hydrogen) atoms. The number of likely N-dealkylation sites (tertiary alicyclic amines) is 1. The number of carbonyl (C=O) groups excluding carboxylic acids is 1. The van der Waals surface area contributed by atoms with Gasteiger partial charge in [-0.2, -0.15) is 8.75 Å². The van der Waals surface area contributed by atoms with Crippen molar-refractivity contribution in [2.75, 3.05) is 18.4 Å². The summed E-state index contributed by atoms with van der Waals surface area (Å²) in [4.78, 5) is 14.8. The van der Waals surface area contributed by atoms with Crippen molar-refractivity contribution in [3.63, 3.8) is 0 Å². The highest BCUT2D eigenvalue weighted by Crippen LogP contribution is 2.44. The van der Waals surface area contributed by atoms with E-state index in [0.717, 1.165) is 60.7 Å². The van der Waals surface area contributed by atoms with Gasteiger partial charge in [-0.25, -0.2) is 0 Å². The van der Waals surface area contributed by atoms with Crippen LogP contribution in [0.15, 0.2) is 18.2 Å². The van der Waals surface area contributed by atoms with E-state index in [0.29, 0.717) is 6.54 Å². The fourth-order valence-electron chi connectivity index (χ4n) is 3.83. The largest absolute Gasteiger partial charge is 0.393 e. The molecule has 1 unspecified atom stereocenters. The molecule has 1 aromatic carbocycles. The lowest BCUT2D eigenvalue weighted by Crippen LogP contribution is -2.60. The summed E-state index contributed by atoms with van der Waals surface area (Å²) in [5, 5.41) is 12.9. The van der Waals surface area contributed by atoms with Crippen LogP contribution < -0.4 is 5.32 Å². The number of aliphatic hydroxyl groups is 1. The molecule has 1 atom stereocenters. The molecule has 0 bridgehead atoms. The van der Waals surface area contributed by atoms with Crippen LogP contribution in [-0.4, -0.2) is 49.4 Å². The van der Waals surface area contributed by atoms with Gasteiger partial charge in [-0.05, 0) is 44.2 Å². The van der Waals surface area contributed by atoms with Crippen molar-refractivity contribution in [1.82, 2.24) is 13.6 Å². The van der Waals surface area contributed by atoms with E-state index in [1.54, 1.807) is 0 Å². The third-order valence-corrected chi connectivity index (χ3v) is 5.74. The Labute approximate surface area is 138 Å². The zero-order valence-electron chi connectivity index (χ0n) is 12.9. The summed E-state index contributed by atoms with van der Waals surface area (Å²) in [5.41, 5.74) is 2.33. The normalized spacial score (nSPS) is 23.8. The molecule has 2 N–H and O–H groups in total. The van der Waals surface area contributed by atoms with Crippen LogP contribution in [0.25, 0.3) is 11.0 Å². The maximum atomic E-state index is 12.5. The number of hydrogen-bond acceptors (Lipinski definition) is 6. The molecule has 2 heterocycles. The Morgan fingerprint density at radius 1 is 1.43 bits per heavy atom. The number of aromatic nitrogens is 2. The molecule has 7 heteroatoms. The van der Waals surface area contributed by atoms with E-state index in [-0.39, 0.29) is 17.6 Å². The molecular weight excluding hydrogens is 312 g/mol. The van der Waals surface area contributed by atoms with Gasteiger partial charge in [0.15, 0.2) is 0 Å². The first-order valence-corrected chi connectivity index (χ1v) is 8.84. The Morgan fingerprint density at radius 2 is 2.30 bits per heavy atom. The van der Waals surface area contributed by atoms with E-state index in [4.69, 9.17) is 0 Å². The second kappa shape index (κ2) is 5.81. The lowest BCUT2D eigenvalue weighted by molar-refractivity contribution is -0.124. The van der Waals surface area contributed by atoms with Crippen LogP contribution in [0.4, 0.5) is 5.69 Å². The van der Waals surface area contributed by atoms with E-state index in [2.05, 4.69) is 19.0 Å². The van der Waals surface area contributed by atoms with Crippen molar-refractivity contribution in [3.05, 3.63) is 18.2 Å². The van der Waals surface area contributed by atoms with Crippen LogP contribution in [0.3, 0.4) is 0 Å². The second-order valence-electron chi connectivity index (χ2n) is 6.63. The molecule has 2 aliphatic rings. The Kier molecular flexibility index (Phi) is 3.79. The number of hydrogen-bond donors (Lipinski definition) is 2. The Morgan fingerprint density at radius 3 is 3.09 bits per heavy atom. The fraction of sp³-hybridized carbons (Fsp3) is 0.562. The Bertz CT molecular complexity index is 728. The third-order valence-electron chi connectivity index (χ3n) is 5.20. The predicted molar refractivity (Wildman–Crippen MR) is 89.4 cm³/mol. The van der Waals surface area contributed by atoms with Gasteiger partial charge in [-0.3, -0.25) is 9.69 Å². The van der Waals surface area contributed by atoms with Crippen molar-refractivity contribution in [3.8, 4) is 0 Å². The molecule has 122 valence electrons. The Balaban J connectivity index is 1.46. The summed E-state index contributed by atoms with van der Waals surface area (Å²) >= 11 is 1.15. The number of fused-ring (bicyclic) bond motifs is 1. The molecule has 6 nitrogen and oxygen atoms in total. The number of amides is 1. The lowest BCUT2D eigenvalue weighted by atomic mass is 9.69. The van der Waals surface area contributed by atoms with E-state index in [9.17, 15) is 9.90 Å². The monoisotopic (exact) mass is 332 g/mol. The van der Waals surface area contributed by atoms with Gasteiger partial charge in [0.2, 0.25) is 5.91 Å². The average molecular weight is 332 g/mol. The van der Waals surface area contributed by atoms with Gasteiger partial charge >= 0.3 is 0 Å². The molecule has 1 amide bonds.